The van der Waals surface area contributed by atoms with Crippen LogP contribution in [0.3, 0.4) is 0 Å². The summed E-state index contributed by atoms with van der Waals surface area (Å²) in [4.78, 5) is 8.91. The number of rotatable bonds is 7. The maximum absolute atomic E-state index is 9.61. The van der Waals surface area contributed by atoms with Gasteiger partial charge in [0, 0.05) is 12.0 Å². The highest BCUT2D eigenvalue weighted by Crippen LogP contribution is 2.39. The molecule has 0 atom stereocenters. The summed E-state index contributed by atoms with van der Waals surface area (Å²) in [6.07, 6.45) is 3.93. The summed E-state index contributed by atoms with van der Waals surface area (Å²) in [6, 6.07) is 1.78. The minimum atomic E-state index is -0.332. The van der Waals surface area contributed by atoms with Crippen LogP contribution in [0.25, 0.3) is 0 Å². The van der Waals surface area contributed by atoms with Crippen LogP contribution in [0, 0.1) is 0 Å². The first-order chi connectivity index (χ1) is 9.16. The second-order valence-corrected chi connectivity index (χ2v) is 5.19. The van der Waals surface area contributed by atoms with Gasteiger partial charge in [0.05, 0.1) is 12.1 Å². The number of nitrogen functional groups attached to an aromatic ring is 1. The summed E-state index contributed by atoms with van der Waals surface area (Å²) in [6.45, 7) is 4.18. The van der Waals surface area contributed by atoms with Crippen molar-refractivity contribution in [3.05, 3.63) is 11.9 Å². The Balaban J connectivity index is 2.25. The molecular weight excluding hydrogens is 242 g/mol. The summed E-state index contributed by atoms with van der Waals surface area (Å²) in [5.74, 6) is 8.08. The van der Waals surface area contributed by atoms with Gasteiger partial charge in [-0.05, 0) is 25.7 Å². The van der Waals surface area contributed by atoms with E-state index in [2.05, 4.69) is 34.6 Å². The molecule has 0 radical (unpaired) electrons. The number of hydrogen-bond acceptors (Lipinski definition) is 6. The molecule has 0 amide bonds. The molecule has 0 bridgehead atoms. The Morgan fingerprint density at radius 1 is 1.32 bits per heavy atom. The molecule has 1 heterocycles. The van der Waals surface area contributed by atoms with Gasteiger partial charge in [-0.25, -0.2) is 15.8 Å². The van der Waals surface area contributed by atoms with Crippen LogP contribution in [0.2, 0.25) is 0 Å². The maximum atomic E-state index is 9.61. The summed E-state index contributed by atoms with van der Waals surface area (Å²) in [7, 11) is 0. The SMILES string of the molecule is CCC(CC)(CO)Nc1cc(NN)nc(C2CC2)n1. The molecular formula is C13H23N5O. The first-order valence-corrected chi connectivity index (χ1v) is 6.91. The number of aliphatic hydroxyl groups is 1. The predicted molar refractivity (Wildman–Crippen MR) is 75.8 cm³/mol. The predicted octanol–water partition coefficient (Wildman–Crippen LogP) is 1.60. The van der Waals surface area contributed by atoms with Crippen molar-refractivity contribution in [1.82, 2.24) is 9.97 Å². The highest BCUT2D eigenvalue weighted by molar-refractivity contribution is 5.49. The Morgan fingerprint density at radius 2 is 1.95 bits per heavy atom. The molecule has 1 saturated carbocycles. The number of nitrogens with two attached hydrogens (primary N) is 1. The topological polar surface area (TPSA) is 96.1 Å². The van der Waals surface area contributed by atoms with Crippen molar-refractivity contribution in [1.29, 1.82) is 0 Å². The molecule has 0 saturated heterocycles. The van der Waals surface area contributed by atoms with E-state index in [1.165, 1.54) is 0 Å². The lowest BCUT2D eigenvalue weighted by Crippen LogP contribution is -2.41. The van der Waals surface area contributed by atoms with Gasteiger partial charge >= 0.3 is 0 Å². The van der Waals surface area contributed by atoms with Crippen molar-refractivity contribution in [3.63, 3.8) is 0 Å². The lowest BCUT2D eigenvalue weighted by molar-refractivity contribution is 0.202. The molecule has 1 aromatic rings. The zero-order chi connectivity index (χ0) is 13.9. The molecule has 19 heavy (non-hydrogen) atoms. The van der Waals surface area contributed by atoms with E-state index in [-0.39, 0.29) is 12.1 Å². The summed E-state index contributed by atoms with van der Waals surface area (Å²) in [5.41, 5.74) is 2.24. The van der Waals surface area contributed by atoms with Crippen molar-refractivity contribution in [2.45, 2.75) is 51.0 Å². The third kappa shape index (κ3) is 3.13. The van der Waals surface area contributed by atoms with Crippen molar-refractivity contribution in [2.75, 3.05) is 17.3 Å². The molecule has 1 aromatic heterocycles. The van der Waals surface area contributed by atoms with E-state index in [0.717, 1.165) is 37.3 Å². The number of anilines is 2. The fourth-order valence-electron chi connectivity index (χ4n) is 2.09. The van der Waals surface area contributed by atoms with E-state index < -0.39 is 0 Å². The number of nitrogens with zero attached hydrogens (tertiary/aromatic N) is 2. The number of aliphatic hydroxyl groups excluding tert-OH is 1. The van der Waals surface area contributed by atoms with Gasteiger partial charge < -0.3 is 15.8 Å². The molecule has 2 rings (SSSR count). The molecule has 5 N–H and O–H groups in total. The number of nitrogens with one attached hydrogen (secondary N) is 2. The first-order valence-electron chi connectivity index (χ1n) is 6.91. The van der Waals surface area contributed by atoms with Crippen LogP contribution in [-0.4, -0.2) is 27.2 Å². The molecule has 1 aliphatic rings. The monoisotopic (exact) mass is 265 g/mol. The quantitative estimate of drug-likeness (QED) is 0.442. The second kappa shape index (κ2) is 5.71. The summed E-state index contributed by atoms with van der Waals surface area (Å²) >= 11 is 0. The Morgan fingerprint density at radius 3 is 2.42 bits per heavy atom. The minimum absolute atomic E-state index is 0.0775. The van der Waals surface area contributed by atoms with Crippen molar-refractivity contribution in [2.24, 2.45) is 5.84 Å². The largest absolute Gasteiger partial charge is 0.394 e. The number of aromatic nitrogens is 2. The number of hydrogen-bond donors (Lipinski definition) is 4. The molecule has 0 spiro atoms. The maximum Gasteiger partial charge on any atom is 0.145 e. The molecule has 1 aliphatic carbocycles. The number of hydrazine groups is 1. The Bertz CT molecular complexity index is 421. The van der Waals surface area contributed by atoms with Crippen LogP contribution in [0.15, 0.2) is 6.07 Å². The van der Waals surface area contributed by atoms with Gasteiger partial charge in [-0.1, -0.05) is 13.8 Å². The van der Waals surface area contributed by atoms with Gasteiger partial charge in [-0.15, -0.1) is 0 Å². The van der Waals surface area contributed by atoms with Gasteiger partial charge in [0.25, 0.3) is 0 Å². The molecule has 0 aromatic carbocycles. The molecule has 6 heteroatoms. The zero-order valence-electron chi connectivity index (χ0n) is 11.6. The van der Waals surface area contributed by atoms with Crippen molar-refractivity contribution < 1.29 is 5.11 Å². The van der Waals surface area contributed by atoms with Crippen LogP contribution >= 0.6 is 0 Å². The van der Waals surface area contributed by atoms with E-state index in [0.29, 0.717) is 11.7 Å². The highest BCUT2D eigenvalue weighted by Gasteiger charge is 2.29. The standard InChI is InChI=1S/C13H23N5O/c1-3-13(4-2,8-19)17-10-7-11(18-14)16-12(15-10)9-5-6-9/h7,9,19H,3-6,8,14H2,1-2H3,(H2,15,16,17,18). The summed E-state index contributed by atoms with van der Waals surface area (Å²) in [5, 5.41) is 13.0. The molecule has 0 unspecified atom stereocenters. The lowest BCUT2D eigenvalue weighted by atomic mass is 9.94. The highest BCUT2D eigenvalue weighted by atomic mass is 16.3. The van der Waals surface area contributed by atoms with Gasteiger partial charge in [0.2, 0.25) is 0 Å². The fourth-order valence-corrected chi connectivity index (χ4v) is 2.09. The second-order valence-electron chi connectivity index (χ2n) is 5.19. The lowest BCUT2D eigenvalue weighted by Gasteiger charge is -2.31. The van der Waals surface area contributed by atoms with Gasteiger partial charge in [0.1, 0.15) is 17.5 Å². The van der Waals surface area contributed by atoms with Gasteiger partial charge in [0.15, 0.2) is 0 Å². The van der Waals surface area contributed by atoms with Crippen molar-refractivity contribution >= 4 is 11.6 Å². The van der Waals surface area contributed by atoms with Crippen molar-refractivity contribution in [3.8, 4) is 0 Å². The van der Waals surface area contributed by atoms with E-state index in [1.54, 1.807) is 6.07 Å². The van der Waals surface area contributed by atoms with Crippen LogP contribution in [-0.2, 0) is 0 Å². The Labute approximate surface area is 113 Å². The summed E-state index contributed by atoms with van der Waals surface area (Å²) < 4.78 is 0. The smallest absolute Gasteiger partial charge is 0.145 e. The fraction of sp³-hybridized carbons (Fsp3) is 0.692. The van der Waals surface area contributed by atoms with E-state index in [4.69, 9.17) is 5.84 Å². The van der Waals surface area contributed by atoms with Crippen LogP contribution in [0.1, 0.15) is 51.3 Å². The van der Waals surface area contributed by atoms with Gasteiger partial charge in [-0.3, -0.25) is 0 Å². The van der Waals surface area contributed by atoms with Crippen LogP contribution in [0.4, 0.5) is 11.6 Å². The van der Waals surface area contributed by atoms with Gasteiger partial charge in [-0.2, -0.15) is 0 Å². The Hall–Kier alpha value is -1.40. The molecule has 0 aliphatic heterocycles. The zero-order valence-corrected chi connectivity index (χ0v) is 11.6. The average Bonchev–Trinajstić information content (AvgIpc) is 3.29. The average molecular weight is 265 g/mol. The molecule has 1 fully saturated rings. The minimum Gasteiger partial charge on any atom is -0.394 e. The van der Waals surface area contributed by atoms with Crippen LogP contribution in [0.5, 0.6) is 0 Å². The third-order valence-electron chi connectivity index (χ3n) is 3.88. The van der Waals surface area contributed by atoms with E-state index >= 15 is 0 Å². The van der Waals surface area contributed by atoms with E-state index in [9.17, 15) is 5.11 Å². The van der Waals surface area contributed by atoms with Crippen LogP contribution < -0.4 is 16.6 Å². The molecule has 106 valence electrons. The Kier molecular flexibility index (Phi) is 4.21. The normalized spacial score (nSPS) is 15.4. The first kappa shape index (κ1) is 14.0. The molecule has 6 nitrogen and oxygen atoms in total. The van der Waals surface area contributed by atoms with E-state index in [1.807, 2.05) is 0 Å². The third-order valence-corrected chi connectivity index (χ3v) is 3.88.